The molecular weight excluding hydrogens is 308 g/mol. The summed E-state index contributed by atoms with van der Waals surface area (Å²) in [6.45, 7) is 0.807. The highest BCUT2D eigenvalue weighted by Crippen LogP contribution is 2.20. The maximum atomic E-state index is 11.8. The van der Waals surface area contributed by atoms with Crippen molar-refractivity contribution >= 4 is 27.5 Å². The van der Waals surface area contributed by atoms with Gasteiger partial charge in [0.05, 0.1) is 18.8 Å². The van der Waals surface area contributed by atoms with Crippen LogP contribution in [0.15, 0.2) is 41.1 Å². The van der Waals surface area contributed by atoms with Crippen molar-refractivity contribution in [1.82, 2.24) is 14.9 Å². The van der Waals surface area contributed by atoms with Crippen LogP contribution in [0.4, 0.5) is 5.69 Å². The Morgan fingerprint density at radius 1 is 1.42 bits per heavy atom. The van der Waals surface area contributed by atoms with E-state index in [0.29, 0.717) is 6.54 Å². The fraction of sp³-hybridized carbons (Fsp3) is 0.231. The van der Waals surface area contributed by atoms with Gasteiger partial charge in [0.25, 0.3) is 0 Å². The Bertz CT molecular complexity index is 567. The van der Waals surface area contributed by atoms with Gasteiger partial charge in [0, 0.05) is 23.9 Å². The lowest BCUT2D eigenvalue weighted by Gasteiger charge is -2.08. The van der Waals surface area contributed by atoms with Gasteiger partial charge in [0.15, 0.2) is 0 Å². The first-order chi connectivity index (χ1) is 9.16. The number of hydrogen-bond donors (Lipinski definition) is 2. The van der Waals surface area contributed by atoms with Crippen molar-refractivity contribution in [3.05, 3.63) is 47.0 Å². The molecule has 6 heteroatoms. The minimum Gasteiger partial charge on any atom is -0.337 e. The summed E-state index contributed by atoms with van der Waals surface area (Å²) in [6.07, 6.45) is 3.61. The number of nitrogens with zero attached hydrogens (tertiary/aromatic N) is 2. The number of rotatable bonds is 5. The van der Waals surface area contributed by atoms with E-state index in [0.717, 1.165) is 16.0 Å². The number of benzene rings is 1. The molecule has 1 aromatic carbocycles. The first-order valence-corrected chi connectivity index (χ1v) is 6.67. The molecule has 0 atom stereocenters. The van der Waals surface area contributed by atoms with Gasteiger partial charge in [0.2, 0.25) is 5.91 Å². The third kappa shape index (κ3) is 3.90. The molecule has 2 aromatic rings. The summed E-state index contributed by atoms with van der Waals surface area (Å²) in [7, 11) is 1.92. The molecule has 0 aliphatic carbocycles. The van der Waals surface area contributed by atoms with Gasteiger partial charge in [-0.25, -0.2) is 4.98 Å². The highest BCUT2D eigenvalue weighted by molar-refractivity contribution is 9.10. The molecular formula is C13H15BrN4O. The van der Waals surface area contributed by atoms with Crippen LogP contribution in [0.25, 0.3) is 0 Å². The monoisotopic (exact) mass is 322 g/mol. The molecule has 2 rings (SSSR count). The standard InChI is InChI=1S/C13H15BrN4O/c1-18-7-6-16-12(18)8-15-9-13(19)17-11-5-3-2-4-10(11)14/h2-7,15H,8-9H2,1H3,(H,17,19). The minimum absolute atomic E-state index is 0.0823. The summed E-state index contributed by atoms with van der Waals surface area (Å²) >= 11 is 3.39. The second kappa shape index (κ2) is 6.49. The van der Waals surface area contributed by atoms with Crippen LogP contribution < -0.4 is 10.6 Å². The lowest BCUT2D eigenvalue weighted by atomic mass is 10.3. The Morgan fingerprint density at radius 2 is 2.21 bits per heavy atom. The van der Waals surface area contributed by atoms with E-state index in [2.05, 4.69) is 31.5 Å². The van der Waals surface area contributed by atoms with E-state index in [9.17, 15) is 4.79 Å². The summed E-state index contributed by atoms with van der Waals surface area (Å²) in [5.41, 5.74) is 0.770. The molecule has 0 spiro atoms. The van der Waals surface area contributed by atoms with Crippen LogP contribution in [0.3, 0.4) is 0 Å². The number of para-hydroxylation sites is 1. The summed E-state index contributed by atoms with van der Waals surface area (Å²) in [6, 6.07) is 7.51. The van der Waals surface area contributed by atoms with E-state index in [-0.39, 0.29) is 12.5 Å². The van der Waals surface area contributed by atoms with Gasteiger partial charge in [0.1, 0.15) is 5.82 Å². The summed E-state index contributed by atoms with van der Waals surface area (Å²) in [5, 5.41) is 5.89. The fourth-order valence-electron chi connectivity index (χ4n) is 1.61. The van der Waals surface area contributed by atoms with Gasteiger partial charge < -0.3 is 15.2 Å². The van der Waals surface area contributed by atoms with Gasteiger partial charge in [-0.3, -0.25) is 4.79 Å². The molecule has 2 N–H and O–H groups in total. The highest BCUT2D eigenvalue weighted by atomic mass is 79.9. The average Bonchev–Trinajstić information content (AvgIpc) is 2.78. The topological polar surface area (TPSA) is 59.0 Å². The molecule has 0 saturated heterocycles. The molecule has 5 nitrogen and oxygen atoms in total. The molecule has 0 aliphatic rings. The Kier molecular flexibility index (Phi) is 4.70. The highest BCUT2D eigenvalue weighted by Gasteiger charge is 2.05. The Morgan fingerprint density at radius 3 is 2.89 bits per heavy atom. The zero-order valence-electron chi connectivity index (χ0n) is 10.6. The normalized spacial score (nSPS) is 10.4. The molecule has 0 fully saturated rings. The smallest absolute Gasteiger partial charge is 0.238 e. The van der Waals surface area contributed by atoms with E-state index < -0.39 is 0 Å². The lowest BCUT2D eigenvalue weighted by Crippen LogP contribution is -2.28. The van der Waals surface area contributed by atoms with Crippen molar-refractivity contribution in [2.45, 2.75) is 6.54 Å². The molecule has 1 aromatic heterocycles. The van der Waals surface area contributed by atoms with Crippen LogP contribution in [0, 0.1) is 0 Å². The number of carbonyl (C=O) groups is 1. The Hall–Kier alpha value is -1.66. The second-order valence-electron chi connectivity index (χ2n) is 4.09. The number of nitrogens with one attached hydrogen (secondary N) is 2. The van der Waals surface area contributed by atoms with Crippen molar-refractivity contribution in [3.63, 3.8) is 0 Å². The number of halogens is 1. The molecule has 0 aliphatic heterocycles. The third-order valence-electron chi connectivity index (χ3n) is 2.64. The van der Waals surface area contributed by atoms with Gasteiger partial charge in [-0.2, -0.15) is 0 Å². The fourth-order valence-corrected chi connectivity index (χ4v) is 2.00. The van der Waals surface area contributed by atoms with Gasteiger partial charge in [-0.05, 0) is 28.1 Å². The first-order valence-electron chi connectivity index (χ1n) is 5.88. The van der Waals surface area contributed by atoms with Crippen LogP contribution in [0.5, 0.6) is 0 Å². The minimum atomic E-state index is -0.0823. The molecule has 1 heterocycles. The second-order valence-corrected chi connectivity index (χ2v) is 4.94. The van der Waals surface area contributed by atoms with Crippen molar-refractivity contribution in [3.8, 4) is 0 Å². The lowest BCUT2D eigenvalue weighted by molar-refractivity contribution is -0.115. The van der Waals surface area contributed by atoms with Crippen molar-refractivity contribution in [2.24, 2.45) is 7.05 Å². The van der Waals surface area contributed by atoms with E-state index in [4.69, 9.17) is 0 Å². The maximum absolute atomic E-state index is 11.8. The average molecular weight is 323 g/mol. The number of aromatic nitrogens is 2. The molecule has 0 saturated carbocycles. The van der Waals surface area contributed by atoms with Crippen LogP contribution in [-0.4, -0.2) is 22.0 Å². The van der Waals surface area contributed by atoms with E-state index in [1.54, 1.807) is 6.20 Å². The van der Waals surface area contributed by atoms with Gasteiger partial charge in [-0.1, -0.05) is 12.1 Å². The van der Waals surface area contributed by atoms with Gasteiger partial charge in [-0.15, -0.1) is 0 Å². The number of carbonyl (C=O) groups excluding carboxylic acids is 1. The number of imidazole rings is 1. The number of amides is 1. The largest absolute Gasteiger partial charge is 0.337 e. The Labute approximate surface area is 120 Å². The molecule has 0 radical (unpaired) electrons. The van der Waals surface area contributed by atoms with E-state index in [1.165, 1.54) is 0 Å². The Balaban J connectivity index is 1.79. The number of anilines is 1. The number of aryl methyl sites for hydroxylation is 1. The van der Waals surface area contributed by atoms with Crippen LogP contribution >= 0.6 is 15.9 Å². The molecule has 0 unspecified atom stereocenters. The zero-order valence-corrected chi connectivity index (χ0v) is 12.1. The SMILES string of the molecule is Cn1ccnc1CNCC(=O)Nc1ccccc1Br. The molecule has 19 heavy (non-hydrogen) atoms. The quantitative estimate of drug-likeness (QED) is 0.884. The summed E-state index contributed by atoms with van der Waals surface area (Å²) < 4.78 is 2.78. The molecule has 0 bridgehead atoms. The predicted molar refractivity (Wildman–Crippen MR) is 77.7 cm³/mol. The molecule has 100 valence electrons. The van der Waals surface area contributed by atoms with Crippen LogP contribution in [0.1, 0.15) is 5.82 Å². The number of hydrogen-bond acceptors (Lipinski definition) is 3. The summed E-state index contributed by atoms with van der Waals surface area (Å²) in [4.78, 5) is 15.9. The van der Waals surface area contributed by atoms with Crippen molar-refractivity contribution in [2.75, 3.05) is 11.9 Å². The summed E-state index contributed by atoms with van der Waals surface area (Å²) in [5.74, 6) is 0.815. The third-order valence-corrected chi connectivity index (χ3v) is 3.33. The van der Waals surface area contributed by atoms with Crippen molar-refractivity contribution in [1.29, 1.82) is 0 Å². The predicted octanol–water partition coefficient (Wildman–Crippen LogP) is 1.91. The van der Waals surface area contributed by atoms with E-state index in [1.807, 2.05) is 42.1 Å². The zero-order chi connectivity index (χ0) is 13.7. The molecule has 1 amide bonds. The van der Waals surface area contributed by atoms with E-state index >= 15 is 0 Å². The van der Waals surface area contributed by atoms with Crippen LogP contribution in [0.2, 0.25) is 0 Å². The maximum Gasteiger partial charge on any atom is 0.238 e. The van der Waals surface area contributed by atoms with Gasteiger partial charge >= 0.3 is 0 Å². The first kappa shape index (κ1) is 13.8. The van der Waals surface area contributed by atoms with Crippen molar-refractivity contribution < 1.29 is 4.79 Å². The van der Waals surface area contributed by atoms with Crippen LogP contribution in [-0.2, 0) is 18.4 Å².